The number of ether oxygens (including phenoxy) is 1. The predicted molar refractivity (Wildman–Crippen MR) is 79.3 cm³/mol. The maximum absolute atomic E-state index is 11.3. The summed E-state index contributed by atoms with van der Waals surface area (Å²) in [6.45, 7) is 3.23. The molecular weight excluding hydrogens is 296 g/mol. The van der Waals surface area contributed by atoms with Gasteiger partial charge in [-0.1, -0.05) is 28.9 Å². The SMILES string of the molecule is CC(=O)NCCOC(=O)CON=C(C)c1ccc(Cl)cc1. The van der Waals surface area contributed by atoms with Crippen molar-refractivity contribution in [2.75, 3.05) is 19.8 Å². The van der Waals surface area contributed by atoms with E-state index >= 15 is 0 Å². The van der Waals surface area contributed by atoms with Gasteiger partial charge in [0.05, 0.1) is 12.3 Å². The van der Waals surface area contributed by atoms with Gasteiger partial charge in [0, 0.05) is 11.9 Å². The summed E-state index contributed by atoms with van der Waals surface area (Å²) < 4.78 is 4.83. The number of benzene rings is 1. The Balaban J connectivity index is 2.28. The van der Waals surface area contributed by atoms with E-state index in [1.54, 1.807) is 31.2 Å². The molecule has 0 radical (unpaired) electrons. The molecule has 0 spiro atoms. The number of esters is 1. The van der Waals surface area contributed by atoms with Crippen LogP contribution in [-0.4, -0.2) is 37.3 Å². The molecule has 0 atom stereocenters. The van der Waals surface area contributed by atoms with Crippen LogP contribution in [0.2, 0.25) is 5.02 Å². The minimum absolute atomic E-state index is 0.0989. The number of hydrogen-bond donors (Lipinski definition) is 1. The van der Waals surface area contributed by atoms with Gasteiger partial charge in [0.15, 0.2) is 0 Å². The Labute approximate surface area is 128 Å². The summed E-state index contributed by atoms with van der Waals surface area (Å²) in [4.78, 5) is 26.8. The van der Waals surface area contributed by atoms with Crippen LogP contribution in [0.15, 0.2) is 29.4 Å². The molecule has 114 valence electrons. The first-order valence-electron chi connectivity index (χ1n) is 6.31. The molecule has 0 bridgehead atoms. The molecule has 0 saturated carbocycles. The van der Waals surface area contributed by atoms with Crippen molar-refractivity contribution in [2.45, 2.75) is 13.8 Å². The Kier molecular flexibility index (Phi) is 7.25. The molecule has 1 rings (SSSR count). The van der Waals surface area contributed by atoms with Gasteiger partial charge in [0.2, 0.25) is 12.5 Å². The fourth-order valence-electron chi connectivity index (χ4n) is 1.36. The standard InChI is InChI=1S/C14H17ClN2O4/c1-10(12-3-5-13(15)6-4-12)17-21-9-14(19)20-8-7-16-11(2)18/h3-6H,7-9H2,1-2H3,(H,16,18). The molecule has 1 amide bonds. The van der Waals surface area contributed by atoms with Crippen molar-refractivity contribution < 1.29 is 19.2 Å². The summed E-state index contributed by atoms with van der Waals surface area (Å²) in [5.74, 6) is -0.724. The average Bonchev–Trinajstić information content (AvgIpc) is 2.44. The lowest BCUT2D eigenvalue weighted by molar-refractivity contribution is -0.149. The van der Waals surface area contributed by atoms with Gasteiger partial charge in [-0.05, 0) is 24.6 Å². The van der Waals surface area contributed by atoms with Crippen molar-refractivity contribution in [3.63, 3.8) is 0 Å². The van der Waals surface area contributed by atoms with Gasteiger partial charge in [-0.2, -0.15) is 0 Å². The Morgan fingerprint density at radius 3 is 2.52 bits per heavy atom. The zero-order chi connectivity index (χ0) is 15.7. The highest BCUT2D eigenvalue weighted by molar-refractivity contribution is 6.30. The summed E-state index contributed by atoms with van der Waals surface area (Å²) in [5.41, 5.74) is 1.47. The highest BCUT2D eigenvalue weighted by atomic mass is 35.5. The second kappa shape index (κ2) is 8.97. The van der Waals surface area contributed by atoms with Gasteiger partial charge in [-0.25, -0.2) is 4.79 Å². The Morgan fingerprint density at radius 1 is 1.24 bits per heavy atom. The smallest absolute Gasteiger partial charge is 0.347 e. The molecule has 0 unspecified atom stereocenters. The number of nitrogens with zero attached hydrogens (tertiary/aromatic N) is 1. The Morgan fingerprint density at radius 2 is 1.90 bits per heavy atom. The van der Waals surface area contributed by atoms with E-state index < -0.39 is 5.97 Å². The molecule has 0 aliphatic rings. The minimum atomic E-state index is -0.548. The third kappa shape index (κ3) is 7.31. The van der Waals surface area contributed by atoms with Gasteiger partial charge >= 0.3 is 5.97 Å². The van der Waals surface area contributed by atoms with Gasteiger partial charge in [0.25, 0.3) is 0 Å². The first kappa shape index (κ1) is 17.0. The summed E-state index contributed by atoms with van der Waals surface area (Å²) >= 11 is 5.78. The Hall–Kier alpha value is -2.08. The van der Waals surface area contributed by atoms with Crippen LogP contribution in [0.4, 0.5) is 0 Å². The lowest BCUT2D eigenvalue weighted by atomic mass is 10.1. The minimum Gasteiger partial charge on any atom is -0.461 e. The van der Waals surface area contributed by atoms with Crippen LogP contribution in [0.25, 0.3) is 0 Å². The van der Waals surface area contributed by atoms with E-state index in [1.165, 1.54) is 6.92 Å². The molecule has 6 nitrogen and oxygen atoms in total. The number of carbonyl (C=O) groups is 2. The van der Waals surface area contributed by atoms with E-state index in [1.807, 2.05) is 0 Å². The van der Waals surface area contributed by atoms with Crippen LogP contribution in [0, 0.1) is 0 Å². The zero-order valence-electron chi connectivity index (χ0n) is 11.9. The number of amides is 1. The number of hydrogen-bond acceptors (Lipinski definition) is 5. The second-order valence-corrected chi connectivity index (χ2v) is 4.60. The highest BCUT2D eigenvalue weighted by Gasteiger charge is 2.04. The van der Waals surface area contributed by atoms with Crippen LogP contribution < -0.4 is 5.32 Å². The van der Waals surface area contributed by atoms with Crippen LogP contribution in [-0.2, 0) is 19.2 Å². The van der Waals surface area contributed by atoms with E-state index in [4.69, 9.17) is 21.2 Å². The summed E-state index contributed by atoms with van der Waals surface area (Å²) in [5, 5.41) is 6.96. The fourth-order valence-corrected chi connectivity index (χ4v) is 1.49. The van der Waals surface area contributed by atoms with E-state index in [0.717, 1.165) is 5.56 Å². The van der Waals surface area contributed by atoms with E-state index in [9.17, 15) is 9.59 Å². The quantitative estimate of drug-likeness (QED) is 0.360. The first-order valence-corrected chi connectivity index (χ1v) is 6.69. The van der Waals surface area contributed by atoms with E-state index in [2.05, 4.69) is 10.5 Å². The molecule has 1 aromatic carbocycles. The lowest BCUT2D eigenvalue weighted by Crippen LogP contribution is -2.26. The fraction of sp³-hybridized carbons (Fsp3) is 0.357. The average molecular weight is 313 g/mol. The van der Waals surface area contributed by atoms with Gasteiger partial charge < -0.3 is 14.9 Å². The summed E-state index contributed by atoms with van der Waals surface area (Å²) in [6, 6.07) is 7.09. The van der Waals surface area contributed by atoms with Crippen molar-refractivity contribution in [3.8, 4) is 0 Å². The molecule has 0 fully saturated rings. The number of carbonyl (C=O) groups excluding carboxylic acids is 2. The van der Waals surface area contributed by atoms with Gasteiger partial charge in [-0.3, -0.25) is 4.79 Å². The van der Waals surface area contributed by atoms with Crippen molar-refractivity contribution in [1.29, 1.82) is 0 Å². The zero-order valence-corrected chi connectivity index (χ0v) is 12.6. The highest BCUT2D eigenvalue weighted by Crippen LogP contribution is 2.10. The topological polar surface area (TPSA) is 77.0 Å². The lowest BCUT2D eigenvalue weighted by Gasteiger charge is -2.05. The normalized spacial score (nSPS) is 10.9. The number of nitrogens with one attached hydrogen (secondary N) is 1. The second-order valence-electron chi connectivity index (χ2n) is 4.16. The van der Waals surface area contributed by atoms with Crippen molar-refractivity contribution in [1.82, 2.24) is 5.32 Å². The monoisotopic (exact) mass is 312 g/mol. The van der Waals surface area contributed by atoms with Crippen LogP contribution in [0.1, 0.15) is 19.4 Å². The molecule has 21 heavy (non-hydrogen) atoms. The maximum atomic E-state index is 11.3. The van der Waals surface area contributed by atoms with Crippen LogP contribution >= 0.6 is 11.6 Å². The molecule has 0 aliphatic carbocycles. The van der Waals surface area contributed by atoms with Gasteiger partial charge in [0.1, 0.15) is 6.61 Å². The summed E-state index contributed by atoms with van der Waals surface area (Å²) in [7, 11) is 0. The van der Waals surface area contributed by atoms with Crippen LogP contribution in [0.5, 0.6) is 0 Å². The molecule has 0 aromatic heterocycles. The summed E-state index contributed by atoms with van der Waals surface area (Å²) in [6.07, 6.45) is 0. The predicted octanol–water partition coefficient (Wildman–Crippen LogP) is 1.76. The molecular formula is C14H17ClN2O4. The van der Waals surface area contributed by atoms with Crippen molar-refractivity contribution in [3.05, 3.63) is 34.9 Å². The largest absolute Gasteiger partial charge is 0.461 e. The molecule has 1 N–H and O–H groups in total. The molecule has 0 aliphatic heterocycles. The van der Waals surface area contributed by atoms with Crippen molar-refractivity contribution in [2.24, 2.45) is 5.16 Å². The third-order valence-corrected chi connectivity index (χ3v) is 2.64. The van der Waals surface area contributed by atoms with Crippen molar-refractivity contribution >= 4 is 29.2 Å². The Bertz CT molecular complexity index is 514. The van der Waals surface area contributed by atoms with Gasteiger partial charge in [-0.15, -0.1) is 0 Å². The molecule has 7 heteroatoms. The molecule has 0 saturated heterocycles. The first-order chi connectivity index (χ1) is 9.99. The number of rotatable bonds is 7. The van der Waals surface area contributed by atoms with Crippen LogP contribution in [0.3, 0.4) is 0 Å². The molecule has 1 aromatic rings. The third-order valence-electron chi connectivity index (χ3n) is 2.38. The van der Waals surface area contributed by atoms with E-state index in [-0.39, 0.29) is 25.7 Å². The molecule has 0 heterocycles. The number of oxime groups is 1. The van der Waals surface area contributed by atoms with E-state index in [0.29, 0.717) is 10.7 Å². The maximum Gasteiger partial charge on any atom is 0.347 e. The number of halogens is 1.